The fourth-order valence-corrected chi connectivity index (χ4v) is 1.81. The lowest BCUT2D eigenvalue weighted by molar-refractivity contribution is -0.123. The van der Waals surface area contributed by atoms with Gasteiger partial charge in [-0.3, -0.25) is 4.79 Å². The van der Waals surface area contributed by atoms with E-state index < -0.39 is 5.54 Å². The predicted octanol–water partition coefficient (Wildman–Crippen LogP) is 1.14. The van der Waals surface area contributed by atoms with Gasteiger partial charge in [0.05, 0.1) is 24.3 Å². The summed E-state index contributed by atoms with van der Waals surface area (Å²) >= 11 is 0. The van der Waals surface area contributed by atoms with Crippen LogP contribution in [0.5, 0.6) is 0 Å². The van der Waals surface area contributed by atoms with E-state index in [0.717, 1.165) is 18.4 Å². The van der Waals surface area contributed by atoms with Crippen LogP contribution in [0.3, 0.4) is 0 Å². The molecule has 1 aliphatic carbocycles. The molecule has 2 rings (SSSR count). The lowest BCUT2D eigenvalue weighted by atomic mass is 10.1. The molecule has 1 aliphatic rings. The van der Waals surface area contributed by atoms with Crippen molar-refractivity contribution < 1.29 is 14.3 Å². The van der Waals surface area contributed by atoms with Gasteiger partial charge in [-0.2, -0.15) is 0 Å². The van der Waals surface area contributed by atoms with Crippen LogP contribution in [0, 0.1) is 0 Å². The number of methoxy groups -OCH3 is 1. The van der Waals surface area contributed by atoms with E-state index in [1.807, 2.05) is 6.92 Å². The first kappa shape index (κ1) is 13.5. The van der Waals surface area contributed by atoms with Crippen LogP contribution in [0.2, 0.25) is 0 Å². The van der Waals surface area contributed by atoms with Crippen molar-refractivity contribution in [3.8, 4) is 0 Å². The van der Waals surface area contributed by atoms with Crippen molar-refractivity contribution in [2.75, 3.05) is 7.11 Å². The number of amides is 1. The van der Waals surface area contributed by atoms with Gasteiger partial charge in [0.25, 0.3) is 0 Å². The number of benzene rings is 1. The zero-order valence-corrected chi connectivity index (χ0v) is 11.1. The van der Waals surface area contributed by atoms with E-state index in [1.54, 1.807) is 24.3 Å². The SMILES string of the molecule is COC(=O)c1ccc([C@@H](C)NC(=O)C2(N)CC2)cc1. The van der Waals surface area contributed by atoms with Gasteiger partial charge in [0.1, 0.15) is 0 Å². The average molecular weight is 262 g/mol. The molecule has 5 nitrogen and oxygen atoms in total. The van der Waals surface area contributed by atoms with Crippen LogP contribution in [-0.4, -0.2) is 24.5 Å². The molecule has 0 aromatic heterocycles. The topological polar surface area (TPSA) is 81.4 Å². The van der Waals surface area contributed by atoms with Crippen molar-refractivity contribution in [3.05, 3.63) is 35.4 Å². The Hall–Kier alpha value is -1.88. The van der Waals surface area contributed by atoms with Gasteiger partial charge in [0.15, 0.2) is 0 Å². The highest BCUT2D eigenvalue weighted by atomic mass is 16.5. The van der Waals surface area contributed by atoms with Gasteiger partial charge in [-0.15, -0.1) is 0 Å². The molecule has 0 saturated heterocycles. The van der Waals surface area contributed by atoms with Crippen molar-refractivity contribution in [1.29, 1.82) is 0 Å². The molecule has 0 spiro atoms. The molecule has 0 unspecified atom stereocenters. The van der Waals surface area contributed by atoms with E-state index in [9.17, 15) is 9.59 Å². The summed E-state index contributed by atoms with van der Waals surface area (Å²) in [5.74, 6) is -0.487. The number of carbonyl (C=O) groups is 2. The number of esters is 1. The maximum atomic E-state index is 11.8. The van der Waals surface area contributed by atoms with Gasteiger partial charge in [-0.05, 0) is 37.5 Å². The Labute approximate surface area is 112 Å². The molecule has 0 aliphatic heterocycles. The number of nitrogens with two attached hydrogens (primary N) is 1. The van der Waals surface area contributed by atoms with Crippen molar-refractivity contribution >= 4 is 11.9 Å². The van der Waals surface area contributed by atoms with Crippen LogP contribution >= 0.6 is 0 Å². The monoisotopic (exact) mass is 262 g/mol. The molecular weight excluding hydrogens is 244 g/mol. The highest BCUT2D eigenvalue weighted by Crippen LogP contribution is 2.32. The number of hydrogen-bond donors (Lipinski definition) is 2. The molecule has 5 heteroatoms. The van der Waals surface area contributed by atoms with E-state index in [1.165, 1.54) is 7.11 Å². The second-order valence-electron chi connectivity index (χ2n) is 4.96. The fourth-order valence-electron chi connectivity index (χ4n) is 1.81. The summed E-state index contributed by atoms with van der Waals surface area (Å²) < 4.78 is 4.63. The average Bonchev–Trinajstić information content (AvgIpc) is 3.17. The first-order chi connectivity index (χ1) is 8.96. The zero-order valence-electron chi connectivity index (χ0n) is 11.1. The molecule has 0 radical (unpaired) electrons. The molecule has 0 heterocycles. The van der Waals surface area contributed by atoms with Crippen LogP contribution < -0.4 is 11.1 Å². The molecule has 1 saturated carbocycles. The number of nitrogens with one attached hydrogen (secondary N) is 1. The molecule has 1 aromatic carbocycles. The molecule has 1 fully saturated rings. The van der Waals surface area contributed by atoms with Crippen molar-refractivity contribution in [2.45, 2.75) is 31.3 Å². The molecule has 0 bridgehead atoms. The minimum Gasteiger partial charge on any atom is -0.465 e. The summed E-state index contributed by atoms with van der Waals surface area (Å²) in [4.78, 5) is 23.1. The summed E-state index contributed by atoms with van der Waals surface area (Å²) in [6.07, 6.45) is 1.49. The van der Waals surface area contributed by atoms with Gasteiger partial charge in [0, 0.05) is 0 Å². The van der Waals surface area contributed by atoms with Gasteiger partial charge < -0.3 is 15.8 Å². The third kappa shape index (κ3) is 2.93. The first-order valence-corrected chi connectivity index (χ1v) is 6.24. The lowest BCUT2D eigenvalue weighted by Gasteiger charge is -2.17. The van der Waals surface area contributed by atoms with Gasteiger partial charge in [-0.25, -0.2) is 4.79 Å². The highest BCUT2D eigenvalue weighted by Gasteiger charge is 2.46. The zero-order chi connectivity index (χ0) is 14.0. The second-order valence-corrected chi connectivity index (χ2v) is 4.96. The maximum Gasteiger partial charge on any atom is 0.337 e. The van der Waals surface area contributed by atoms with Crippen LogP contribution in [0.4, 0.5) is 0 Å². The predicted molar refractivity (Wildman–Crippen MR) is 70.5 cm³/mol. The standard InChI is InChI=1S/C14H18N2O3/c1-9(16-13(18)14(15)7-8-14)10-3-5-11(6-4-10)12(17)19-2/h3-6,9H,7-8,15H2,1-2H3,(H,16,18)/t9-/m1/s1. The van der Waals surface area contributed by atoms with Crippen molar-refractivity contribution in [3.63, 3.8) is 0 Å². The van der Waals surface area contributed by atoms with Gasteiger partial charge in [-0.1, -0.05) is 12.1 Å². The van der Waals surface area contributed by atoms with Crippen LogP contribution in [0.15, 0.2) is 24.3 Å². The Kier molecular flexibility index (Phi) is 3.57. The molecular formula is C14H18N2O3. The normalized spacial score (nSPS) is 17.4. The van der Waals surface area contributed by atoms with E-state index in [2.05, 4.69) is 10.1 Å². The molecule has 1 atom stereocenters. The Bertz CT molecular complexity index is 492. The van der Waals surface area contributed by atoms with E-state index in [0.29, 0.717) is 5.56 Å². The Balaban J connectivity index is 2.01. The minimum atomic E-state index is -0.666. The summed E-state index contributed by atoms with van der Waals surface area (Å²) in [6, 6.07) is 6.82. The molecule has 3 N–H and O–H groups in total. The summed E-state index contributed by atoms with van der Waals surface area (Å²) in [5.41, 5.74) is 6.57. The number of ether oxygens (including phenoxy) is 1. The van der Waals surface area contributed by atoms with Crippen LogP contribution in [-0.2, 0) is 9.53 Å². The molecule has 102 valence electrons. The van der Waals surface area contributed by atoms with Gasteiger partial charge >= 0.3 is 5.97 Å². The largest absolute Gasteiger partial charge is 0.465 e. The molecule has 1 amide bonds. The van der Waals surface area contributed by atoms with Crippen molar-refractivity contribution in [1.82, 2.24) is 5.32 Å². The third-order valence-corrected chi connectivity index (χ3v) is 3.42. The van der Waals surface area contributed by atoms with E-state index >= 15 is 0 Å². The Morgan fingerprint density at radius 3 is 2.37 bits per heavy atom. The van der Waals surface area contributed by atoms with Crippen LogP contribution in [0.1, 0.15) is 41.7 Å². The minimum absolute atomic E-state index is 0.114. The summed E-state index contributed by atoms with van der Waals surface area (Å²) in [6.45, 7) is 1.89. The summed E-state index contributed by atoms with van der Waals surface area (Å²) in [7, 11) is 1.34. The van der Waals surface area contributed by atoms with Crippen molar-refractivity contribution in [2.24, 2.45) is 5.73 Å². The quantitative estimate of drug-likeness (QED) is 0.797. The third-order valence-electron chi connectivity index (χ3n) is 3.42. The smallest absolute Gasteiger partial charge is 0.337 e. The number of hydrogen-bond acceptors (Lipinski definition) is 4. The lowest BCUT2D eigenvalue weighted by Crippen LogP contribution is -2.43. The van der Waals surface area contributed by atoms with Crippen LogP contribution in [0.25, 0.3) is 0 Å². The maximum absolute atomic E-state index is 11.8. The number of rotatable bonds is 4. The van der Waals surface area contributed by atoms with Gasteiger partial charge in [0.2, 0.25) is 5.91 Å². The Morgan fingerprint density at radius 1 is 1.32 bits per heavy atom. The van der Waals surface area contributed by atoms with E-state index in [4.69, 9.17) is 5.73 Å². The summed E-state index contributed by atoms with van der Waals surface area (Å²) in [5, 5.41) is 2.88. The molecule has 19 heavy (non-hydrogen) atoms. The highest BCUT2D eigenvalue weighted by molar-refractivity contribution is 5.90. The Morgan fingerprint density at radius 2 is 1.89 bits per heavy atom. The number of carbonyl (C=O) groups excluding carboxylic acids is 2. The first-order valence-electron chi connectivity index (χ1n) is 6.24. The molecule has 1 aromatic rings. The fraction of sp³-hybridized carbons (Fsp3) is 0.429. The van der Waals surface area contributed by atoms with E-state index in [-0.39, 0.29) is 17.9 Å². The second kappa shape index (κ2) is 5.01.